The highest BCUT2D eigenvalue weighted by atomic mass is 16.6. The normalized spacial score (nSPS) is 12.0. The lowest BCUT2D eigenvalue weighted by Gasteiger charge is -2.07. The van der Waals surface area contributed by atoms with Crippen LogP contribution >= 0.6 is 0 Å². The van der Waals surface area contributed by atoms with E-state index in [9.17, 15) is 4.79 Å². The molecule has 5 heteroatoms. The molecule has 0 saturated carbocycles. The Kier molecular flexibility index (Phi) is 18.1. The van der Waals surface area contributed by atoms with E-state index in [1.165, 1.54) is 0 Å². The summed E-state index contributed by atoms with van der Waals surface area (Å²) in [6, 6.07) is 0. The summed E-state index contributed by atoms with van der Waals surface area (Å²) in [6.07, 6.45) is 8.96. The summed E-state index contributed by atoms with van der Waals surface area (Å²) in [5.74, 6) is 0. The molecule has 0 aromatic carbocycles. The van der Waals surface area contributed by atoms with Crippen LogP contribution < -0.4 is 0 Å². The van der Waals surface area contributed by atoms with Crippen LogP contribution in [0.25, 0.3) is 0 Å². The van der Waals surface area contributed by atoms with E-state index >= 15 is 0 Å². The Morgan fingerprint density at radius 2 is 1.40 bits per heavy atom. The van der Waals surface area contributed by atoms with Gasteiger partial charge in [-0.3, -0.25) is 4.79 Å². The van der Waals surface area contributed by atoms with Gasteiger partial charge in [-0.05, 0) is 32.3 Å². The van der Waals surface area contributed by atoms with Gasteiger partial charge >= 0.3 is 0 Å². The molecule has 0 spiro atoms. The van der Waals surface area contributed by atoms with Crippen LogP contribution in [-0.4, -0.2) is 59.1 Å². The summed E-state index contributed by atoms with van der Waals surface area (Å²) in [4.78, 5) is 10.8. The van der Waals surface area contributed by atoms with Crippen molar-refractivity contribution >= 4 is 6.29 Å². The summed E-state index contributed by atoms with van der Waals surface area (Å²) in [5, 5.41) is 0. The first kappa shape index (κ1) is 23.7. The van der Waals surface area contributed by atoms with E-state index in [1.807, 2.05) is 19.1 Å². The lowest BCUT2D eigenvalue weighted by Crippen LogP contribution is -2.12. The van der Waals surface area contributed by atoms with Gasteiger partial charge in [0.1, 0.15) is 6.29 Å². The Balaban J connectivity index is 3.36. The molecule has 0 atom stereocenters. The molecule has 0 aliphatic heterocycles. The minimum Gasteiger partial charge on any atom is -0.379 e. The summed E-state index contributed by atoms with van der Waals surface area (Å²) < 4.78 is 21.6. The minimum absolute atomic E-state index is 0.563. The fraction of sp³-hybridized carbons (Fsp3) is 0.650. The second kappa shape index (κ2) is 19.1. The molecule has 0 heterocycles. The van der Waals surface area contributed by atoms with Crippen molar-refractivity contribution in [3.63, 3.8) is 0 Å². The zero-order valence-corrected chi connectivity index (χ0v) is 15.8. The van der Waals surface area contributed by atoms with E-state index in [2.05, 4.69) is 13.5 Å². The van der Waals surface area contributed by atoms with E-state index in [1.54, 1.807) is 6.08 Å². The predicted octanol–water partition coefficient (Wildman–Crippen LogP) is 3.50. The topological polar surface area (TPSA) is 54.0 Å². The Morgan fingerprint density at radius 1 is 0.880 bits per heavy atom. The van der Waals surface area contributed by atoms with Crippen molar-refractivity contribution in [1.82, 2.24) is 0 Å². The van der Waals surface area contributed by atoms with Crippen LogP contribution in [0, 0.1) is 0 Å². The fourth-order valence-electron chi connectivity index (χ4n) is 1.93. The van der Waals surface area contributed by atoms with Crippen molar-refractivity contribution in [1.29, 1.82) is 0 Å². The third-order valence-corrected chi connectivity index (χ3v) is 3.12. The van der Waals surface area contributed by atoms with Crippen LogP contribution in [0.2, 0.25) is 0 Å². The van der Waals surface area contributed by atoms with Gasteiger partial charge in [-0.1, -0.05) is 31.2 Å². The minimum atomic E-state index is 0.563. The average molecular weight is 354 g/mol. The van der Waals surface area contributed by atoms with E-state index in [0.29, 0.717) is 51.8 Å². The highest BCUT2D eigenvalue weighted by Crippen LogP contribution is 2.07. The van der Waals surface area contributed by atoms with E-state index < -0.39 is 0 Å². The zero-order valence-electron chi connectivity index (χ0n) is 15.8. The van der Waals surface area contributed by atoms with Gasteiger partial charge in [0.15, 0.2) is 0 Å². The molecule has 0 rings (SSSR count). The number of ether oxygens (including phenoxy) is 4. The third-order valence-electron chi connectivity index (χ3n) is 3.12. The van der Waals surface area contributed by atoms with Gasteiger partial charge in [-0.15, -0.1) is 0 Å². The molecule has 0 unspecified atom stereocenters. The van der Waals surface area contributed by atoms with Crippen LogP contribution in [0.3, 0.4) is 0 Å². The summed E-state index contributed by atoms with van der Waals surface area (Å²) >= 11 is 0. The van der Waals surface area contributed by atoms with E-state index in [4.69, 9.17) is 18.9 Å². The van der Waals surface area contributed by atoms with Gasteiger partial charge in [0.05, 0.1) is 39.6 Å². The van der Waals surface area contributed by atoms with Gasteiger partial charge in [0.25, 0.3) is 0 Å². The van der Waals surface area contributed by atoms with Gasteiger partial charge in [-0.2, -0.15) is 0 Å². The maximum Gasteiger partial charge on any atom is 0.150 e. The van der Waals surface area contributed by atoms with Crippen molar-refractivity contribution in [3.8, 4) is 0 Å². The molecular weight excluding hydrogens is 320 g/mol. The largest absolute Gasteiger partial charge is 0.379 e. The smallest absolute Gasteiger partial charge is 0.150 e. The maximum atomic E-state index is 10.8. The number of hydrogen-bond donors (Lipinski definition) is 0. The highest BCUT2D eigenvalue weighted by Gasteiger charge is 1.96. The molecule has 0 aliphatic rings. The highest BCUT2D eigenvalue weighted by molar-refractivity contribution is 5.78. The summed E-state index contributed by atoms with van der Waals surface area (Å²) in [7, 11) is 0. The molecule has 144 valence electrons. The van der Waals surface area contributed by atoms with Crippen LogP contribution in [0.1, 0.15) is 33.1 Å². The molecule has 0 aromatic heterocycles. The number of carbonyl (C=O) groups excluding carboxylic acids is 1. The number of rotatable bonds is 18. The first-order valence-corrected chi connectivity index (χ1v) is 9.02. The Morgan fingerprint density at radius 3 is 1.88 bits per heavy atom. The number of carbonyl (C=O) groups is 1. The molecule has 0 radical (unpaired) electrons. The van der Waals surface area contributed by atoms with Crippen LogP contribution in [0.4, 0.5) is 0 Å². The zero-order chi connectivity index (χ0) is 18.6. The lowest BCUT2D eigenvalue weighted by molar-refractivity contribution is -0.104. The molecule has 0 aromatic rings. The number of hydrogen-bond acceptors (Lipinski definition) is 5. The van der Waals surface area contributed by atoms with Gasteiger partial charge in [0.2, 0.25) is 0 Å². The monoisotopic (exact) mass is 354 g/mol. The van der Waals surface area contributed by atoms with Crippen LogP contribution in [0.15, 0.2) is 36.0 Å². The first-order valence-electron chi connectivity index (χ1n) is 9.02. The Hall–Kier alpha value is -1.27. The van der Waals surface area contributed by atoms with Crippen molar-refractivity contribution in [3.05, 3.63) is 36.0 Å². The van der Waals surface area contributed by atoms with Crippen LogP contribution in [-0.2, 0) is 23.7 Å². The molecule has 0 amide bonds. The van der Waals surface area contributed by atoms with Gasteiger partial charge in [0, 0.05) is 18.8 Å². The second-order valence-corrected chi connectivity index (χ2v) is 5.47. The number of aldehydes is 1. The summed E-state index contributed by atoms with van der Waals surface area (Å²) in [5.41, 5.74) is 1.57. The molecule has 5 nitrogen and oxygen atoms in total. The lowest BCUT2D eigenvalue weighted by atomic mass is 10.1. The van der Waals surface area contributed by atoms with Gasteiger partial charge < -0.3 is 18.9 Å². The SMILES string of the molecule is C=C(/C=C(C=O)\C=C/C)CCCOCCOCCOCCOCCC. The molecule has 0 saturated heterocycles. The quantitative estimate of drug-likeness (QED) is 0.163. The predicted molar refractivity (Wildman–Crippen MR) is 101 cm³/mol. The van der Waals surface area contributed by atoms with Crippen molar-refractivity contribution in [2.75, 3.05) is 52.9 Å². The maximum absolute atomic E-state index is 10.8. The molecule has 0 fully saturated rings. The van der Waals surface area contributed by atoms with Gasteiger partial charge in [-0.25, -0.2) is 0 Å². The summed E-state index contributed by atoms with van der Waals surface area (Å²) in [6.45, 7) is 12.9. The standard InChI is InChI=1S/C20H34O5/c1-4-7-20(18-21)17-19(3)8-6-10-23-12-14-25-16-15-24-13-11-22-9-5-2/h4,7,17-18H,3,5-6,8-16H2,1-2H3/b7-4-,20-17+. The third kappa shape index (κ3) is 17.3. The number of allylic oxidation sites excluding steroid dienone is 5. The molecule has 0 bridgehead atoms. The van der Waals surface area contributed by atoms with Crippen molar-refractivity contribution in [2.45, 2.75) is 33.1 Å². The van der Waals surface area contributed by atoms with E-state index in [-0.39, 0.29) is 0 Å². The van der Waals surface area contributed by atoms with E-state index in [0.717, 1.165) is 37.7 Å². The van der Waals surface area contributed by atoms with Crippen LogP contribution in [0.5, 0.6) is 0 Å². The van der Waals surface area contributed by atoms with Crippen molar-refractivity contribution < 1.29 is 23.7 Å². The molecule has 0 aliphatic carbocycles. The Bertz CT molecular complexity index is 388. The Labute approximate surface area is 152 Å². The average Bonchev–Trinajstić information content (AvgIpc) is 2.61. The first-order chi connectivity index (χ1) is 12.2. The second-order valence-electron chi connectivity index (χ2n) is 5.47. The fourth-order valence-corrected chi connectivity index (χ4v) is 1.93. The van der Waals surface area contributed by atoms with Crippen molar-refractivity contribution in [2.24, 2.45) is 0 Å². The molecule has 0 N–H and O–H groups in total. The molecule has 25 heavy (non-hydrogen) atoms. The molecular formula is C20H34O5.